The maximum atomic E-state index is 13.8. The highest BCUT2D eigenvalue weighted by molar-refractivity contribution is 9.10. The van der Waals surface area contributed by atoms with Crippen molar-refractivity contribution in [3.8, 4) is 0 Å². The monoisotopic (exact) mass is 325 g/mol. The van der Waals surface area contributed by atoms with E-state index in [1.807, 2.05) is 30.3 Å². The molecule has 4 heteroatoms. The maximum absolute atomic E-state index is 13.8. The van der Waals surface area contributed by atoms with Crippen molar-refractivity contribution in [3.05, 3.63) is 58.3 Å². The standard InChI is InChI=1S/C14H13BrFNS/c1-9(17)14-11(16)6-4-8-13(14)18-12-7-3-2-5-10(12)15/h2-9H,17H2,1H3. The quantitative estimate of drug-likeness (QED) is 0.880. The molecule has 0 amide bonds. The molecule has 0 radical (unpaired) electrons. The zero-order chi connectivity index (χ0) is 13.1. The van der Waals surface area contributed by atoms with Crippen LogP contribution in [-0.2, 0) is 0 Å². The van der Waals surface area contributed by atoms with E-state index >= 15 is 0 Å². The van der Waals surface area contributed by atoms with Crippen molar-refractivity contribution >= 4 is 27.7 Å². The number of hydrogen-bond donors (Lipinski definition) is 1. The van der Waals surface area contributed by atoms with E-state index in [-0.39, 0.29) is 11.9 Å². The van der Waals surface area contributed by atoms with Gasteiger partial charge in [-0.1, -0.05) is 30.0 Å². The van der Waals surface area contributed by atoms with E-state index in [9.17, 15) is 4.39 Å². The molecule has 18 heavy (non-hydrogen) atoms. The van der Waals surface area contributed by atoms with Crippen molar-refractivity contribution in [2.75, 3.05) is 0 Å². The van der Waals surface area contributed by atoms with Crippen LogP contribution >= 0.6 is 27.7 Å². The van der Waals surface area contributed by atoms with Gasteiger partial charge in [0.2, 0.25) is 0 Å². The minimum Gasteiger partial charge on any atom is -0.324 e. The number of hydrogen-bond acceptors (Lipinski definition) is 2. The highest BCUT2D eigenvalue weighted by atomic mass is 79.9. The van der Waals surface area contributed by atoms with Crippen LogP contribution in [0.15, 0.2) is 56.7 Å². The minimum atomic E-state index is -0.323. The summed E-state index contributed by atoms with van der Waals surface area (Å²) in [4.78, 5) is 1.90. The topological polar surface area (TPSA) is 26.0 Å². The number of nitrogens with two attached hydrogens (primary N) is 1. The summed E-state index contributed by atoms with van der Waals surface area (Å²) < 4.78 is 14.8. The van der Waals surface area contributed by atoms with Crippen LogP contribution in [-0.4, -0.2) is 0 Å². The number of benzene rings is 2. The summed E-state index contributed by atoms with van der Waals surface area (Å²) in [6.45, 7) is 1.79. The second-order valence-electron chi connectivity index (χ2n) is 3.97. The van der Waals surface area contributed by atoms with E-state index in [2.05, 4.69) is 15.9 Å². The van der Waals surface area contributed by atoms with Gasteiger partial charge in [-0.25, -0.2) is 4.39 Å². The predicted molar refractivity (Wildman–Crippen MR) is 77.3 cm³/mol. The van der Waals surface area contributed by atoms with Gasteiger partial charge < -0.3 is 5.73 Å². The van der Waals surface area contributed by atoms with Crippen molar-refractivity contribution in [3.63, 3.8) is 0 Å². The van der Waals surface area contributed by atoms with Crippen LogP contribution in [0.5, 0.6) is 0 Å². The Morgan fingerprint density at radius 3 is 2.44 bits per heavy atom. The fourth-order valence-electron chi connectivity index (χ4n) is 1.69. The first-order valence-electron chi connectivity index (χ1n) is 5.56. The molecule has 0 heterocycles. The van der Waals surface area contributed by atoms with Crippen LogP contribution in [0.4, 0.5) is 4.39 Å². The SMILES string of the molecule is CC(N)c1c(F)cccc1Sc1ccccc1Br. The predicted octanol–water partition coefficient (Wildman–Crippen LogP) is 4.76. The summed E-state index contributed by atoms with van der Waals surface area (Å²) in [5.74, 6) is -0.248. The Bertz CT molecular complexity index is 557. The Morgan fingerprint density at radius 2 is 1.78 bits per heavy atom. The lowest BCUT2D eigenvalue weighted by Gasteiger charge is -2.13. The second-order valence-corrected chi connectivity index (χ2v) is 5.91. The Labute approximate surface area is 119 Å². The lowest BCUT2D eigenvalue weighted by Crippen LogP contribution is -2.08. The molecule has 2 aromatic carbocycles. The van der Waals surface area contributed by atoms with Gasteiger partial charge in [-0.15, -0.1) is 0 Å². The third kappa shape index (κ3) is 2.94. The lowest BCUT2D eigenvalue weighted by atomic mass is 10.1. The van der Waals surface area contributed by atoms with Gasteiger partial charge >= 0.3 is 0 Å². The molecule has 0 saturated heterocycles. The normalized spacial score (nSPS) is 12.4. The molecule has 94 valence electrons. The van der Waals surface area contributed by atoms with Gasteiger partial charge in [-0.05, 0) is 47.1 Å². The van der Waals surface area contributed by atoms with E-state index in [4.69, 9.17) is 5.73 Å². The molecule has 0 bridgehead atoms. The zero-order valence-corrected chi connectivity index (χ0v) is 12.3. The largest absolute Gasteiger partial charge is 0.324 e. The Hall–Kier alpha value is -0.840. The average molecular weight is 326 g/mol. The molecule has 2 aromatic rings. The average Bonchev–Trinajstić information content (AvgIpc) is 2.31. The highest BCUT2D eigenvalue weighted by Crippen LogP contribution is 2.37. The van der Waals surface area contributed by atoms with E-state index in [1.165, 1.54) is 17.8 Å². The van der Waals surface area contributed by atoms with E-state index < -0.39 is 0 Å². The molecule has 2 rings (SSSR count). The molecule has 2 N–H and O–H groups in total. The lowest BCUT2D eigenvalue weighted by molar-refractivity contribution is 0.585. The summed E-state index contributed by atoms with van der Waals surface area (Å²) >= 11 is 5.00. The smallest absolute Gasteiger partial charge is 0.129 e. The van der Waals surface area contributed by atoms with Crippen molar-refractivity contribution in [1.82, 2.24) is 0 Å². The van der Waals surface area contributed by atoms with Crippen LogP contribution in [0.25, 0.3) is 0 Å². The van der Waals surface area contributed by atoms with Crippen LogP contribution < -0.4 is 5.73 Å². The summed E-state index contributed by atoms with van der Waals surface area (Å²) in [6.07, 6.45) is 0. The molecular formula is C14H13BrFNS. The van der Waals surface area contributed by atoms with Gasteiger partial charge in [0.1, 0.15) is 5.82 Å². The van der Waals surface area contributed by atoms with Crippen LogP contribution in [0, 0.1) is 5.82 Å². The number of rotatable bonds is 3. The highest BCUT2D eigenvalue weighted by Gasteiger charge is 2.14. The van der Waals surface area contributed by atoms with Gasteiger partial charge in [-0.2, -0.15) is 0 Å². The van der Waals surface area contributed by atoms with Crippen molar-refractivity contribution in [2.24, 2.45) is 5.73 Å². The summed E-state index contributed by atoms with van der Waals surface area (Å²) in [5, 5.41) is 0. The van der Waals surface area contributed by atoms with E-state index in [1.54, 1.807) is 13.0 Å². The molecule has 0 saturated carbocycles. The molecule has 1 nitrogen and oxygen atoms in total. The van der Waals surface area contributed by atoms with E-state index in [0.29, 0.717) is 5.56 Å². The Balaban J connectivity index is 2.41. The van der Waals surface area contributed by atoms with Gasteiger partial charge in [0.25, 0.3) is 0 Å². The maximum Gasteiger partial charge on any atom is 0.129 e. The molecule has 0 spiro atoms. The zero-order valence-electron chi connectivity index (χ0n) is 9.86. The first kappa shape index (κ1) is 13.6. The molecule has 0 aromatic heterocycles. The summed E-state index contributed by atoms with van der Waals surface area (Å²) in [6, 6.07) is 12.6. The molecule has 1 unspecified atom stereocenters. The molecular weight excluding hydrogens is 313 g/mol. The molecule has 0 aliphatic rings. The fraction of sp³-hybridized carbons (Fsp3) is 0.143. The van der Waals surface area contributed by atoms with E-state index in [0.717, 1.165) is 14.3 Å². The van der Waals surface area contributed by atoms with Gasteiger partial charge in [0, 0.05) is 25.9 Å². The van der Waals surface area contributed by atoms with Crippen molar-refractivity contribution < 1.29 is 4.39 Å². The van der Waals surface area contributed by atoms with Crippen molar-refractivity contribution in [2.45, 2.75) is 22.8 Å². The Kier molecular flexibility index (Phi) is 4.43. The van der Waals surface area contributed by atoms with Gasteiger partial charge in [0.05, 0.1) is 0 Å². The second kappa shape index (κ2) is 5.87. The third-order valence-corrected chi connectivity index (χ3v) is 4.63. The number of halogens is 2. The summed E-state index contributed by atoms with van der Waals surface area (Å²) in [5.41, 5.74) is 6.41. The molecule has 0 aliphatic heterocycles. The first-order valence-corrected chi connectivity index (χ1v) is 7.17. The summed E-state index contributed by atoms with van der Waals surface area (Å²) in [7, 11) is 0. The first-order chi connectivity index (χ1) is 8.59. The molecule has 0 aliphatic carbocycles. The third-order valence-electron chi connectivity index (χ3n) is 2.52. The molecule has 0 fully saturated rings. The van der Waals surface area contributed by atoms with Crippen molar-refractivity contribution in [1.29, 1.82) is 0 Å². The Morgan fingerprint density at radius 1 is 1.11 bits per heavy atom. The van der Waals surface area contributed by atoms with Crippen LogP contribution in [0.2, 0.25) is 0 Å². The molecule has 1 atom stereocenters. The minimum absolute atomic E-state index is 0.248. The van der Waals surface area contributed by atoms with Gasteiger partial charge in [-0.3, -0.25) is 0 Å². The van der Waals surface area contributed by atoms with Crippen LogP contribution in [0.1, 0.15) is 18.5 Å². The fourth-order valence-corrected chi connectivity index (χ4v) is 3.31. The van der Waals surface area contributed by atoms with Crippen LogP contribution in [0.3, 0.4) is 0 Å². The van der Waals surface area contributed by atoms with Gasteiger partial charge in [0.15, 0.2) is 0 Å².